The van der Waals surface area contributed by atoms with Gasteiger partial charge in [-0.3, -0.25) is 4.79 Å². The molecule has 10 heavy (non-hydrogen) atoms. The third-order valence-corrected chi connectivity index (χ3v) is 1.75. The van der Waals surface area contributed by atoms with Gasteiger partial charge in [0.15, 0.2) is 5.78 Å². The quantitative estimate of drug-likeness (QED) is 0.498. The average molecular weight is 205 g/mol. The first-order valence-corrected chi connectivity index (χ1v) is 4.35. The topological polar surface area (TPSA) is 17.1 Å². The van der Waals surface area contributed by atoms with Gasteiger partial charge in [-0.2, -0.15) is 0 Å². The van der Waals surface area contributed by atoms with Crippen molar-refractivity contribution in [2.75, 3.05) is 0 Å². The molecule has 0 aromatic rings. The molecule has 0 aromatic carbocycles. The van der Waals surface area contributed by atoms with E-state index in [1.165, 1.54) is 0 Å². The van der Waals surface area contributed by atoms with Crippen LogP contribution in [0.4, 0.5) is 0 Å². The first kappa shape index (κ1) is 9.89. The fourth-order valence-corrected chi connectivity index (χ4v) is 0.869. The highest BCUT2D eigenvalue weighted by molar-refractivity contribution is 9.12. The van der Waals surface area contributed by atoms with Crippen molar-refractivity contribution in [1.29, 1.82) is 0 Å². The van der Waals surface area contributed by atoms with E-state index in [0.29, 0.717) is 10.9 Å². The molecule has 0 aromatic heterocycles. The van der Waals surface area contributed by atoms with Crippen molar-refractivity contribution in [3.8, 4) is 0 Å². The zero-order valence-electron chi connectivity index (χ0n) is 6.32. The molecule has 2 heteroatoms. The Hall–Kier alpha value is -0.110. The van der Waals surface area contributed by atoms with Gasteiger partial charge in [0.25, 0.3) is 0 Å². The lowest BCUT2D eigenvalue weighted by Gasteiger charge is -1.95. The number of halogens is 1. The number of unbranched alkanes of at least 4 members (excludes halogenated alkanes) is 2. The molecule has 0 aliphatic carbocycles. The predicted octanol–water partition coefficient (Wildman–Crippen LogP) is 3.04. The number of hydrogen-bond acceptors (Lipinski definition) is 1. The summed E-state index contributed by atoms with van der Waals surface area (Å²) >= 11 is 3.05. The van der Waals surface area contributed by atoms with E-state index >= 15 is 0 Å². The molecule has 0 saturated carbocycles. The van der Waals surface area contributed by atoms with Gasteiger partial charge in [-0.1, -0.05) is 26.3 Å². The van der Waals surface area contributed by atoms with Gasteiger partial charge in [0.2, 0.25) is 0 Å². The van der Waals surface area contributed by atoms with Gasteiger partial charge in [-0.25, -0.2) is 0 Å². The lowest BCUT2D eigenvalue weighted by Crippen LogP contribution is -1.94. The Labute approximate surface area is 70.6 Å². The molecule has 1 nitrogen and oxygen atoms in total. The van der Waals surface area contributed by atoms with Crippen molar-refractivity contribution in [3.63, 3.8) is 0 Å². The third kappa shape index (κ3) is 4.74. The summed E-state index contributed by atoms with van der Waals surface area (Å²) in [6.45, 7) is 5.62. The van der Waals surface area contributed by atoms with E-state index in [0.717, 1.165) is 19.3 Å². The maximum atomic E-state index is 10.9. The SMILES string of the molecule is C=C(Br)C(=O)CCCCC. The Morgan fingerprint density at radius 2 is 2.10 bits per heavy atom. The van der Waals surface area contributed by atoms with Gasteiger partial charge in [0, 0.05) is 6.42 Å². The fourth-order valence-electron chi connectivity index (χ4n) is 0.671. The van der Waals surface area contributed by atoms with Gasteiger partial charge in [-0.05, 0) is 22.4 Å². The summed E-state index contributed by atoms with van der Waals surface area (Å²) in [5.41, 5.74) is 0. The van der Waals surface area contributed by atoms with Crippen molar-refractivity contribution in [3.05, 3.63) is 11.1 Å². The van der Waals surface area contributed by atoms with Gasteiger partial charge < -0.3 is 0 Å². The predicted molar refractivity (Wildman–Crippen MR) is 47.2 cm³/mol. The molecule has 0 bridgehead atoms. The normalized spacial score (nSPS) is 9.40. The molecular formula is C8H13BrO. The van der Waals surface area contributed by atoms with Crippen LogP contribution in [-0.2, 0) is 4.79 Å². The van der Waals surface area contributed by atoms with Gasteiger partial charge in [0.1, 0.15) is 0 Å². The Bertz CT molecular complexity index is 129. The zero-order valence-corrected chi connectivity index (χ0v) is 7.91. The second-order valence-corrected chi connectivity index (χ2v) is 3.24. The molecule has 0 rings (SSSR count). The number of ketones is 1. The maximum absolute atomic E-state index is 10.9. The monoisotopic (exact) mass is 204 g/mol. The van der Waals surface area contributed by atoms with E-state index in [1.807, 2.05) is 0 Å². The molecular weight excluding hydrogens is 192 g/mol. The van der Waals surface area contributed by atoms with Gasteiger partial charge in [0.05, 0.1) is 4.48 Å². The summed E-state index contributed by atoms with van der Waals surface area (Å²) in [4.78, 5) is 10.9. The Morgan fingerprint density at radius 3 is 2.50 bits per heavy atom. The van der Waals surface area contributed by atoms with Crippen LogP contribution >= 0.6 is 15.9 Å². The van der Waals surface area contributed by atoms with Crippen molar-refractivity contribution < 1.29 is 4.79 Å². The van der Waals surface area contributed by atoms with Crippen LogP contribution in [-0.4, -0.2) is 5.78 Å². The molecule has 0 aliphatic rings. The van der Waals surface area contributed by atoms with Crippen molar-refractivity contribution in [2.24, 2.45) is 0 Å². The standard InChI is InChI=1S/C8H13BrO/c1-3-4-5-6-8(10)7(2)9/h2-6H2,1H3. The number of carbonyl (C=O) groups is 1. The van der Waals surface area contributed by atoms with E-state index in [9.17, 15) is 4.79 Å². The van der Waals surface area contributed by atoms with E-state index in [-0.39, 0.29) is 5.78 Å². The minimum absolute atomic E-state index is 0.133. The molecule has 0 unspecified atom stereocenters. The van der Waals surface area contributed by atoms with Crippen molar-refractivity contribution >= 4 is 21.7 Å². The summed E-state index contributed by atoms with van der Waals surface area (Å²) < 4.78 is 0.503. The summed E-state index contributed by atoms with van der Waals surface area (Å²) in [6, 6.07) is 0. The molecule has 0 N–H and O–H groups in total. The minimum atomic E-state index is 0.133. The number of hydrogen-bond donors (Lipinski definition) is 0. The highest BCUT2D eigenvalue weighted by Crippen LogP contribution is 2.08. The molecule has 0 aliphatic heterocycles. The van der Waals surface area contributed by atoms with Crippen LogP contribution in [0.2, 0.25) is 0 Å². The van der Waals surface area contributed by atoms with E-state index in [4.69, 9.17) is 0 Å². The van der Waals surface area contributed by atoms with Crippen LogP contribution in [0.3, 0.4) is 0 Å². The number of Topliss-reactive ketones (excluding diaryl/α,β-unsaturated/α-hetero) is 1. The van der Waals surface area contributed by atoms with Crippen LogP contribution in [0, 0.1) is 0 Å². The number of carbonyl (C=O) groups excluding carboxylic acids is 1. The number of rotatable bonds is 5. The zero-order chi connectivity index (χ0) is 7.98. The lowest BCUT2D eigenvalue weighted by atomic mass is 10.1. The molecule has 0 fully saturated rings. The van der Waals surface area contributed by atoms with Crippen LogP contribution < -0.4 is 0 Å². The molecule has 0 amide bonds. The Morgan fingerprint density at radius 1 is 1.50 bits per heavy atom. The molecule has 0 atom stereocenters. The molecule has 58 valence electrons. The minimum Gasteiger partial charge on any atom is -0.294 e. The molecule has 0 spiro atoms. The van der Waals surface area contributed by atoms with E-state index < -0.39 is 0 Å². The number of allylic oxidation sites excluding steroid dienone is 1. The molecule has 0 heterocycles. The van der Waals surface area contributed by atoms with Gasteiger partial charge >= 0.3 is 0 Å². The second-order valence-electron chi connectivity index (χ2n) is 2.29. The Balaban J connectivity index is 3.31. The third-order valence-electron chi connectivity index (χ3n) is 1.31. The summed E-state index contributed by atoms with van der Waals surface area (Å²) in [7, 11) is 0. The smallest absolute Gasteiger partial charge is 0.169 e. The Kier molecular flexibility index (Phi) is 5.60. The average Bonchev–Trinajstić information content (AvgIpc) is 1.88. The fraction of sp³-hybridized carbons (Fsp3) is 0.625. The van der Waals surface area contributed by atoms with Crippen LogP contribution in [0.5, 0.6) is 0 Å². The van der Waals surface area contributed by atoms with Crippen LogP contribution in [0.25, 0.3) is 0 Å². The summed E-state index contributed by atoms with van der Waals surface area (Å²) in [5.74, 6) is 0.133. The first-order chi connectivity index (χ1) is 4.68. The van der Waals surface area contributed by atoms with Crippen molar-refractivity contribution in [1.82, 2.24) is 0 Å². The second kappa shape index (κ2) is 5.66. The van der Waals surface area contributed by atoms with E-state index in [2.05, 4.69) is 29.4 Å². The van der Waals surface area contributed by atoms with Crippen LogP contribution in [0.1, 0.15) is 32.6 Å². The largest absolute Gasteiger partial charge is 0.294 e. The summed E-state index contributed by atoms with van der Waals surface area (Å²) in [6.07, 6.45) is 3.91. The molecule has 0 saturated heterocycles. The van der Waals surface area contributed by atoms with E-state index in [1.54, 1.807) is 0 Å². The highest BCUT2D eigenvalue weighted by atomic mass is 79.9. The first-order valence-electron chi connectivity index (χ1n) is 3.56. The van der Waals surface area contributed by atoms with Gasteiger partial charge in [-0.15, -0.1) is 0 Å². The maximum Gasteiger partial charge on any atom is 0.169 e. The summed E-state index contributed by atoms with van der Waals surface area (Å²) in [5, 5.41) is 0. The lowest BCUT2D eigenvalue weighted by molar-refractivity contribution is -0.114. The highest BCUT2D eigenvalue weighted by Gasteiger charge is 2.01. The van der Waals surface area contributed by atoms with Crippen molar-refractivity contribution in [2.45, 2.75) is 32.6 Å². The molecule has 0 radical (unpaired) electrons. The van der Waals surface area contributed by atoms with Crippen LogP contribution in [0.15, 0.2) is 11.1 Å².